The smallest absolute Gasteiger partial charge is 0.254 e. The van der Waals surface area contributed by atoms with Crippen LogP contribution in [0.3, 0.4) is 0 Å². The number of aryl methyl sites for hydroxylation is 1. The zero-order valence-corrected chi connectivity index (χ0v) is 11.9. The topological polar surface area (TPSA) is 32.3 Å². The van der Waals surface area contributed by atoms with Gasteiger partial charge in [0.1, 0.15) is 0 Å². The predicted molar refractivity (Wildman–Crippen MR) is 76.1 cm³/mol. The fraction of sp³-hybridized carbons (Fsp3) is 0.562. The summed E-state index contributed by atoms with van der Waals surface area (Å²) in [7, 11) is 0. The predicted octanol–water partition coefficient (Wildman–Crippen LogP) is 2.07. The van der Waals surface area contributed by atoms with E-state index in [1.165, 1.54) is 5.56 Å². The van der Waals surface area contributed by atoms with Gasteiger partial charge in [-0.05, 0) is 44.7 Å². The van der Waals surface area contributed by atoms with Crippen LogP contribution in [-0.4, -0.2) is 36.0 Å². The molecule has 2 aliphatic rings. The Morgan fingerprint density at radius 1 is 1.26 bits per heavy atom. The molecule has 0 saturated carbocycles. The van der Waals surface area contributed by atoms with Crippen molar-refractivity contribution in [2.75, 3.05) is 19.6 Å². The molecule has 1 aromatic carbocycles. The minimum atomic E-state index is -0.0455. The van der Waals surface area contributed by atoms with Crippen molar-refractivity contribution in [1.82, 2.24) is 10.2 Å². The minimum Gasteiger partial charge on any atom is -0.333 e. The van der Waals surface area contributed by atoms with Crippen molar-refractivity contribution in [3.05, 3.63) is 35.4 Å². The zero-order valence-electron chi connectivity index (χ0n) is 11.9. The molecule has 0 bridgehead atoms. The van der Waals surface area contributed by atoms with Crippen LogP contribution in [0, 0.1) is 18.8 Å². The SMILES string of the molecule is Cc1ccc(C(=O)N2CC3CNCC3C2(C)C)cc1. The fourth-order valence-corrected chi connectivity index (χ4v) is 3.62. The Balaban J connectivity index is 1.86. The molecule has 102 valence electrons. The van der Waals surface area contributed by atoms with E-state index in [1.807, 2.05) is 31.2 Å². The van der Waals surface area contributed by atoms with E-state index in [0.29, 0.717) is 11.8 Å². The van der Waals surface area contributed by atoms with Gasteiger partial charge in [0.2, 0.25) is 0 Å². The van der Waals surface area contributed by atoms with Gasteiger partial charge in [0.05, 0.1) is 0 Å². The van der Waals surface area contributed by atoms with E-state index < -0.39 is 0 Å². The molecule has 2 fully saturated rings. The molecule has 1 amide bonds. The molecule has 2 heterocycles. The van der Waals surface area contributed by atoms with E-state index in [2.05, 4.69) is 24.1 Å². The molecule has 2 saturated heterocycles. The molecular weight excluding hydrogens is 236 g/mol. The standard InChI is InChI=1S/C16H22N2O/c1-11-4-6-12(7-5-11)15(19)18-10-13-8-17-9-14(13)16(18,2)3/h4-7,13-14,17H,8-10H2,1-3H3. The number of hydrogen-bond acceptors (Lipinski definition) is 2. The molecule has 2 unspecified atom stereocenters. The summed E-state index contributed by atoms with van der Waals surface area (Å²) in [5.41, 5.74) is 1.96. The molecule has 1 N–H and O–H groups in total. The average Bonchev–Trinajstić information content (AvgIpc) is 2.92. The second-order valence-corrected chi connectivity index (χ2v) is 6.46. The van der Waals surface area contributed by atoms with Crippen LogP contribution in [0.25, 0.3) is 0 Å². The lowest BCUT2D eigenvalue weighted by Gasteiger charge is -2.35. The number of rotatable bonds is 1. The van der Waals surface area contributed by atoms with Crippen molar-refractivity contribution < 1.29 is 4.79 Å². The summed E-state index contributed by atoms with van der Waals surface area (Å²) in [5, 5.41) is 3.45. The Kier molecular flexibility index (Phi) is 2.90. The molecule has 19 heavy (non-hydrogen) atoms. The van der Waals surface area contributed by atoms with E-state index in [0.717, 1.165) is 25.2 Å². The van der Waals surface area contributed by atoms with E-state index in [4.69, 9.17) is 0 Å². The third kappa shape index (κ3) is 1.96. The van der Waals surface area contributed by atoms with Crippen LogP contribution >= 0.6 is 0 Å². The van der Waals surface area contributed by atoms with Gasteiger partial charge < -0.3 is 10.2 Å². The Labute approximate surface area is 115 Å². The highest BCUT2D eigenvalue weighted by Gasteiger charge is 2.51. The number of hydrogen-bond donors (Lipinski definition) is 1. The van der Waals surface area contributed by atoms with Crippen LogP contribution in [-0.2, 0) is 0 Å². The summed E-state index contributed by atoms with van der Waals surface area (Å²) in [6.07, 6.45) is 0. The summed E-state index contributed by atoms with van der Waals surface area (Å²) in [4.78, 5) is 14.8. The maximum absolute atomic E-state index is 12.7. The molecule has 3 rings (SSSR count). The quantitative estimate of drug-likeness (QED) is 0.836. The monoisotopic (exact) mass is 258 g/mol. The highest BCUT2D eigenvalue weighted by molar-refractivity contribution is 5.95. The van der Waals surface area contributed by atoms with Crippen molar-refractivity contribution in [3.63, 3.8) is 0 Å². The molecule has 3 nitrogen and oxygen atoms in total. The summed E-state index contributed by atoms with van der Waals surface area (Å²) >= 11 is 0. The van der Waals surface area contributed by atoms with Gasteiger partial charge in [-0.15, -0.1) is 0 Å². The Morgan fingerprint density at radius 3 is 2.58 bits per heavy atom. The number of amides is 1. The van der Waals surface area contributed by atoms with Crippen molar-refractivity contribution in [2.24, 2.45) is 11.8 Å². The number of benzene rings is 1. The number of carbonyl (C=O) groups excluding carboxylic acids is 1. The summed E-state index contributed by atoms with van der Waals surface area (Å²) < 4.78 is 0. The van der Waals surface area contributed by atoms with E-state index in [-0.39, 0.29) is 11.4 Å². The molecule has 0 radical (unpaired) electrons. The maximum atomic E-state index is 12.7. The molecule has 0 aliphatic carbocycles. The van der Waals surface area contributed by atoms with E-state index in [9.17, 15) is 4.79 Å². The van der Waals surface area contributed by atoms with Crippen LogP contribution in [0.4, 0.5) is 0 Å². The third-order valence-electron chi connectivity index (χ3n) is 4.90. The lowest BCUT2D eigenvalue weighted by atomic mass is 9.84. The van der Waals surface area contributed by atoms with Crippen LogP contribution in [0.2, 0.25) is 0 Å². The highest BCUT2D eigenvalue weighted by Crippen LogP contribution is 2.41. The van der Waals surface area contributed by atoms with Crippen molar-refractivity contribution in [1.29, 1.82) is 0 Å². The Hall–Kier alpha value is -1.35. The van der Waals surface area contributed by atoms with E-state index in [1.54, 1.807) is 0 Å². The molecule has 0 aromatic heterocycles. The number of carbonyl (C=O) groups is 1. The van der Waals surface area contributed by atoms with Crippen molar-refractivity contribution in [2.45, 2.75) is 26.3 Å². The zero-order chi connectivity index (χ0) is 13.6. The molecule has 2 aliphatic heterocycles. The van der Waals surface area contributed by atoms with Gasteiger partial charge in [0.15, 0.2) is 0 Å². The first-order valence-electron chi connectivity index (χ1n) is 7.09. The van der Waals surface area contributed by atoms with Gasteiger partial charge >= 0.3 is 0 Å². The third-order valence-corrected chi connectivity index (χ3v) is 4.90. The Morgan fingerprint density at radius 2 is 1.95 bits per heavy atom. The van der Waals surface area contributed by atoms with Gasteiger partial charge in [-0.25, -0.2) is 0 Å². The van der Waals surface area contributed by atoms with Crippen molar-refractivity contribution in [3.8, 4) is 0 Å². The first kappa shape index (κ1) is 12.7. The lowest BCUT2D eigenvalue weighted by Crippen LogP contribution is -2.47. The number of fused-ring (bicyclic) bond motifs is 1. The highest BCUT2D eigenvalue weighted by atomic mass is 16.2. The molecular formula is C16H22N2O. The molecule has 3 heteroatoms. The Bertz CT molecular complexity index is 492. The van der Waals surface area contributed by atoms with Crippen LogP contribution in [0.1, 0.15) is 29.8 Å². The summed E-state index contributed by atoms with van der Waals surface area (Å²) in [6, 6.07) is 7.91. The number of nitrogens with one attached hydrogen (secondary N) is 1. The van der Waals surface area contributed by atoms with Gasteiger partial charge in [0.25, 0.3) is 5.91 Å². The van der Waals surface area contributed by atoms with Crippen LogP contribution in [0.5, 0.6) is 0 Å². The van der Waals surface area contributed by atoms with Crippen LogP contribution < -0.4 is 5.32 Å². The van der Waals surface area contributed by atoms with Gasteiger partial charge in [-0.3, -0.25) is 4.79 Å². The molecule has 2 atom stereocenters. The molecule has 0 spiro atoms. The largest absolute Gasteiger partial charge is 0.333 e. The minimum absolute atomic E-state index is 0.0455. The van der Waals surface area contributed by atoms with Crippen LogP contribution in [0.15, 0.2) is 24.3 Å². The second-order valence-electron chi connectivity index (χ2n) is 6.46. The fourth-order valence-electron chi connectivity index (χ4n) is 3.62. The second kappa shape index (κ2) is 4.34. The van der Waals surface area contributed by atoms with Gasteiger partial charge in [-0.2, -0.15) is 0 Å². The summed E-state index contributed by atoms with van der Waals surface area (Å²) in [6.45, 7) is 9.43. The summed E-state index contributed by atoms with van der Waals surface area (Å²) in [5.74, 6) is 1.38. The first-order valence-corrected chi connectivity index (χ1v) is 7.09. The van der Waals surface area contributed by atoms with Gasteiger partial charge in [0, 0.05) is 30.7 Å². The first-order chi connectivity index (χ1) is 9.00. The number of nitrogens with zero attached hydrogens (tertiary/aromatic N) is 1. The average molecular weight is 258 g/mol. The maximum Gasteiger partial charge on any atom is 0.254 e. The van der Waals surface area contributed by atoms with Gasteiger partial charge in [-0.1, -0.05) is 17.7 Å². The number of likely N-dealkylation sites (tertiary alicyclic amines) is 1. The van der Waals surface area contributed by atoms with Crippen molar-refractivity contribution >= 4 is 5.91 Å². The normalized spacial score (nSPS) is 28.5. The van der Waals surface area contributed by atoms with E-state index >= 15 is 0 Å². The molecule has 1 aromatic rings. The lowest BCUT2D eigenvalue weighted by molar-refractivity contribution is 0.0603.